The van der Waals surface area contributed by atoms with Crippen LogP contribution in [0.4, 0.5) is 9.52 Å². The van der Waals surface area contributed by atoms with Crippen molar-refractivity contribution in [1.82, 2.24) is 20.3 Å². The van der Waals surface area contributed by atoms with Gasteiger partial charge in [-0.15, -0.1) is 10.2 Å². The third-order valence-corrected chi connectivity index (χ3v) is 4.84. The molecule has 0 saturated carbocycles. The molecular formula is C13H12FN5OS2. The van der Waals surface area contributed by atoms with E-state index in [1.165, 1.54) is 29.2 Å². The molecule has 9 heteroatoms. The highest BCUT2D eigenvalue weighted by molar-refractivity contribution is 8.01. The highest BCUT2D eigenvalue weighted by atomic mass is 32.2. The Hall–Kier alpha value is -2.00. The van der Waals surface area contributed by atoms with Gasteiger partial charge in [0, 0.05) is 5.56 Å². The number of aryl methyl sites for hydroxylation is 1. The van der Waals surface area contributed by atoms with Crippen molar-refractivity contribution in [2.45, 2.75) is 23.4 Å². The summed E-state index contributed by atoms with van der Waals surface area (Å²) >= 11 is 2.72. The Labute approximate surface area is 134 Å². The molecule has 2 N–H and O–H groups in total. The fourth-order valence-electron chi connectivity index (χ4n) is 1.72. The summed E-state index contributed by atoms with van der Waals surface area (Å²) in [6.07, 6.45) is 0. The standard InChI is InChI=1S/C13H12FN5OS2/c1-6-3-4-8(5-9(6)14)10-16-11(20-19-10)7(2)21-13-18-17-12(15)22-13/h3-5,7H,1-2H3,(H2,15,17)/t7-/m1/s1. The number of thioether (sulfide) groups is 1. The molecule has 22 heavy (non-hydrogen) atoms. The van der Waals surface area contributed by atoms with Gasteiger partial charge in [0.2, 0.25) is 16.8 Å². The first kappa shape index (κ1) is 14.9. The molecule has 114 valence electrons. The smallest absolute Gasteiger partial charge is 0.240 e. The van der Waals surface area contributed by atoms with E-state index in [1.54, 1.807) is 19.1 Å². The van der Waals surface area contributed by atoms with Gasteiger partial charge < -0.3 is 10.3 Å². The SMILES string of the molecule is Cc1ccc(-c2noc([C@@H](C)Sc3nnc(N)s3)n2)cc1F. The molecule has 0 aliphatic rings. The highest BCUT2D eigenvalue weighted by Crippen LogP contribution is 2.36. The van der Waals surface area contributed by atoms with E-state index in [4.69, 9.17) is 10.3 Å². The molecule has 0 bridgehead atoms. The van der Waals surface area contributed by atoms with Gasteiger partial charge in [-0.3, -0.25) is 0 Å². The Morgan fingerprint density at radius 1 is 1.36 bits per heavy atom. The van der Waals surface area contributed by atoms with E-state index < -0.39 is 0 Å². The zero-order valence-electron chi connectivity index (χ0n) is 11.8. The highest BCUT2D eigenvalue weighted by Gasteiger charge is 2.18. The lowest BCUT2D eigenvalue weighted by atomic mass is 10.1. The van der Waals surface area contributed by atoms with E-state index in [0.29, 0.717) is 28.0 Å². The average Bonchev–Trinajstić information content (AvgIpc) is 3.11. The van der Waals surface area contributed by atoms with Crippen molar-refractivity contribution in [2.24, 2.45) is 0 Å². The van der Waals surface area contributed by atoms with Crippen LogP contribution in [-0.2, 0) is 0 Å². The summed E-state index contributed by atoms with van der Waals surface area (Å²) in [5.74, 6) is 0.503. The van der Waals surface area contributed by atoms with E-state index in [9.17, 15) is 4.39 Å². The summed E-state index contributed by atoms with van der Waals surface area (Å²) in [5, 5.41) is 11.9. The number of nitrogens with zero attached hydrogens (tertiary/aromatic N) is 4. The Morgan fingerprint density at radius 2 is 2.18 bits per heavy atom. The van der Waals surface area contributed by atoms with Gasteiger partial charge in [-0.05, 0) is 25.5 Å². The van der Waals surface area contributed by atoms with Gasteiger partial charge in [-0.1, -0.05) is 40.4 Å². The molecule has 0 radical (unpaired) electrons. The first-order valence-electron chi connectivity index (χ1n) is 6.38. The van der Waals surface area contributed by atoms with Gasteiger partial charge in [0.1, 0.15) is 5.82 Å². The van der Waals surface area contributed by atoms with Crippen LogP contribution in [0.15, 0.2) is 27.1 Å². The molecule has 0 fully saturated rings. The number of rotatable bonds is 4. The van der Waals surface area contributed by atoms with Crippen LogP contribution in [0.2, 0.25) is 0 Å². The van der Waals surface area contributed by atoms with Gasteiger partial charge in [-0.25, -0.2) is 4.39 Å². The fraction of sp³-hybridized carbons (Fsp3) is 0.231. The molecule has 0 amide bonds. The van der Waals surface area contributed by atoms with Crippen molar-refractivity contribution in [3.63, 3.8) is 0 Å². The van der Waals surface area contributed by atoms with E-state index in [1.807, 2.05) is 6.92 Å². The van der Waals surface area contributed by atoms with Gasteiger partial charge in [-0.2, -0.15) is 4.98 Å². The number of anilines is 1. The van der Waals surface area contributed by atoms with Crippen molar-refractivity contribution >= 4 is 28.2 Å². The van der Waals surface area contributed by atoms with Crippen LogP contribution >= 0.6 is 23.1 Å². The summed E-state index contributed by atoms with van der Waals surface area (Å²) in [5.41, 5.74) is 6.70. The monoisotopic (exact) mass is 337 g/mol. The largest absolute Gasteiger partial charge is 0.374 e. The normalized spacial score (nSPS) is 12.5. The lowest BCUT2D eigenvalue weighted by Crippen LogP contribution is -1.90. The summed E-state index contributed by atoms with van der Waals surface area (Å²) in [7, 11) is 0. The van der Waals surface area contributed by atoms with Gasteiger partial charge in [0.25, 0.3) is 0 Å². The molecule has 1 aromatic carbocycles. The van der Waals surface area contributed by atoms with Crippen LogP contribution in [-0.4, -0.2) is 20.3 Å². The minimum atomic E-state index is -0.296. The molecule has 0 saturated heterocycles. The first-order valence-corrected chi connectivity index (χ1v) is 8.08. The Balaban J connectivity index is 1.79. The second kappa shape index (κ2) is 6.01. The third-order valence-electron chi connectivity index (χ3n) is 2.92. The van der Waals surface area contributed by atoms with Crippen LogP contribution in [0.3, 0.4) is 0 Å². The third kappa shape index (κ3) is 3.09. The second-order valence-corrected chi connectivity index (χ2v) is 7.18. The maximum atomic E-state index is 13.6. The molecule has 3 rings (SSSR count). The molecule has 0 unspecified atom stereocenters. The maximum absolute atomic E-state index is 13.6. The number of hydrogen-bond donors (Lipinski definition) is 1. The number of nitrogens with two attached hydrogens (primary N) is 1. The molecule has 2 heterocycles. The van der Waals surface area contributed by atoms with Gasteiger partial charge in [0.05, 0.1) is 5.25 Å². The Morgan fingerprint density at radius 3 is 2.86 bits per heavy atom. The number of hydrogen-bond acceptors (Lipinski definition) is 8. The van der Waals surface area contributed by atoms with Crippen LogP contribution in [0.5, 0.6) is 0 Å². The quantitative estimate of drug-likeness (QED) is 0.729. The van der Waals surface area contributed by atoms with Crippen LogP contribution < -0.4 is 5.73 Å². The average molecular weight is 337 g/mol. The predicted octanol–water partition coefficient (Wildman–Crippen LogP) is 3.47. The number of benzene rings is 1. The number of nitrogen functional groups attached to an aromatic ring is 1. The molecule has 3 aromatic rings. The van der Waals surface area contributed by atoms with Crippen LogP contribution in [0, 0.1) is 12.7 Å². The Kier molecular flexibility index (Phi) is 4.08. The van der Waals surface area contributed by atoms with E-state index in [-0.39, 0.29) is 11.1 Å². The van der Waals surface area contributed by atoms with Crippen molar-refractivity contribution in [3.05, 3.63) is 35.5 Å². The van der Waals surface area contributed by atoms with E-state index >= 15 is 0 Å². The molecular weight excluding hydrogens is 325 g/mol. The zero-order valence-corrected chi connectivity index (χ0v) is 13.4. The summed E-state index contributed by atoms with van der Waals surface area (Å²) in [6, 6.07) is 4.84. The second-order valence-electron chi connectivity index (χ2n) is 4.59. The van der Waals surface area contributed by atoms with Crippen molar-refractivity contribution in [1.29, 1.82) is 0 Å². The van der Waals surface area contributed by atoms with Crippen molar-refractivity contribution in [3.8, 4) is 11.4 Å². The molecule has 0 aliphatic heterocycles. The molecule has 2 aromatic heterocycles. The van der Waals surface area contributed by atoms with Crippen LogP contribution in [0.25, 0.3) is 11.4 Å². The lowest BCUT2D eigenvalue weighted by molar-refractivity contribution is 0.381. The molecule has 0 spiro atoms. The summed E-state index contributed by atoms with van der Waals surface area (Å²) < 4.78 is 19.6. The zero-order chi connectivity index (χ0) is 15.7. The summed E-state index contributed by atoms with van der Waals surface area (Å²) in [6.45, 7) is 3.61. The first-order chi connectivity index (χ1) is 10.5. The fourth-order valence-corrected chi connectivity index (χ4v) is 3.53. The molecule has 0 aliphatic carbocycles. The summed E-state index contributed by atoms with van der Waals surface area (Å²) in [4.78, 5) is 4.31. The molecule has 1 atom stereocenters. The number of aromatic nitrogens is 4. The van der Waals surface area contributed by atoms with E-state index in [2.05, 4.69) is 20.3 Å². The lowest BCUT2D eigenvalue weighted by Gasteiger charge is -2.01. The van der Waals surface area contributed by atoms with Crippen LogP contribution in [0.1, 0.15) is 23.6 Å². The van der Waals surface area contributed by atoms with E-state index in [0.717, 1.165) is 4.34 Å². The minimum absolute atomic E-state index is 0.108. The maximum Gasteiger partial charge on any atom is 0.240 e. The van der Waals surface area contributed by atoms with Gasteiger partial charge in [0.15, 0.2) is 4.34 Å². The van der Waals surface area contributed by atoms with Crippen molar-refractivity contribution in [2.75, 3.05) is 5.73 Å². The minimum Gasteiger partial charge on any atom is -0.374 e. The number of halogens is 1. The Bertz CT molecular complexity index is 803. The topological polar surface area (TPSA) is 90.7 Å². The predicted molar refractivity (Wildman–Crippen MR) is 83.0 cm³/mol. The molecule has 6 nitrogen and oxygen atoms in total. The van der Waals surface area contributed by atoms with Crippen molar-refractivity contribution < 1.29 is 8.91 Å². The van der Waals surface area contributed by atoms with Gasteiger partial charge >= 0.3 is 0 Å².